The van der Waals surface area contributed by atoms with Gasteiger partial charge in [0.05, 0.1) is 6.10 Å². The molecule has 0 atom stereocenters. The topological polar surface area (TPSA) is 9.23 Å². The summed E-state index contributed by atoms with van der Waals surface area (Å²) >= 11 is 23.5. The van der Waals surface area contributed by atoms with Crippen LogP contribution in [0.2, 0.25) is 11.1 Å². The van der Waals surface area contributed by atoms with E-state index in [4.69, 9.17) is 49.6 Å². The van der Waals surface area contributed by atoms with Gasteiger partial charge in [0.15, 0.2) is 0 Å². The quantitative estimate of drug-likeness (QED) is 0.311. The first-order valence-electron chi connectivity index (χ1n) is 7.38. The van der Waals surface area contributed by atoms with Gasteiger partial charge in [0, 0.05) is 11.6 Å². The van der Waals surface area contributed by atoms with Crippen molar-refractivity contribution in [2.24, 2.45) is 0 Å². The third-order valence-corrected chi connectivity index (χ3v) is 6.85. The fourth-order valence-corrected chi connectivity index (χ4v) is 4.69. The molecule has 118 valence electrons. The van der Waals surface area contributed by atoms with Crippen molar-refractivity contribution in [3.05, 3.63) is 34.9 Å². The van der Waals surface area contributed by atoms with E-state index in [-0.39, 0.29) is 0 Å². The second-order valence-corrected chi connectivity index (χ2v) is 15.3. The van der Waals surface area contributed by atoms with E-state index in [2.05, 4.69) is 12.1 Å². The third kappa shape index (κ3) is 6.68. The van der Waals surface area contributed by atoms with E-state index in [0.29, 0.717) is 24.7 Å². The van der Waals surface area contributed by atoms with Crippen LogP contribution < -0.4 is 0 Å². The van der Waals surface area contributed by atoms with Crippen molar-refractivity contribution in [3.8, 4) is 0 Å². The zero-order chi connectivity index (χ0) is 15.3. The molecule has 1 nitrogen and oxygen atoms in total. The van der Waals surface area contributed by atoms with Crippen LogP contribution >= 0.6 is 44.8 Å². The molecule has 0 radical (unpaired) electrons. The van der Waals surface area contributed by atoms with Crippen LogP contribution in [0, 0.1) is 0 Å². The summed E-state index contributed by atoms with van der Waals surface area (Å²) in [5.41, 5.74) is 1.39. The molecular formula is C15H20Cl4OSi. The molecule has 0 saturated heterocycles. The summed E-state index contributed by atoms with van der Waals surface area (Å²) in [5.74, 6) is 0.635. The van der Waals surface area contributed by atoms with Crippen molar-refractivity contribution in [3.63, 3.8) is 0 Å². The summed E-state index contributed by atoms with van der Waals surface area (Å²) in [6, 6.07) is 6.42. The summed E-state index contributed by atoms with van der Waals surface area (Å²) in [6.45, 7) is 0.706. The standard InChI is InChI=1S/C15H20Cl4OSi/c16-14-6-2-12(3-7-14)13-4-8-15(9-5-13)20-10-1-11-21(17,18)19/h2-3,6-7,13,15H,1,4-5,8-11H2. The Morgan fingerprint density at radius 2 is 1.62 bits per heavy atom. The van der Waals surface area contributed by atoms with Crippen molar-refractivity contribution in [1.29, 1.82) is 0 Å². The second-order valence-electron chi connectivity index (χ2n) is 5.61. The summed E-state index contributed by atoms with van der Waals surface area (Å²) in [5, 5.41) is 0.799. The first-order valence-corrected chi connectivity index (χ1v) is 13.0. The van der Waals surface area contributed by atoms with E-state index < -0.39 is 6.00 Å². The van der Waals surface area contributed by atoms with Crippen LogP contribution in [0.1, 0.15) is 43.6 Å². The summed E-state index contributed by atoms with van der Waals surface area (Å²) in [7, 11) is 0. The molecule has 0 heterocycles. The molecule has 1 aliphatic carbocycles. The van der Waals surface area contributed by atoms with Crippen LogP contribution in [0.25, 0.3) is 0 Å². The minimum absolute atomic E-state index is 0.366. The largest absolute Gasteiger partial charge is 0.378 e. The van der Waals surface area contributed by atoms with Crippen LogP contribution in [-0.4, -0.2) is 18.7 Å². The zero-order valence-corrected chi connectivity index (χ0v) is 15.9. The van der Waals surface area contributed by atoms with Crippen molar-refractivity contribution in [1.82, 2.24) is 0 Å². The third-order valence-electron chi connectivity index (χ3n) is 3.97. The molecule has 21 heavy (non-hydrogen) atoms. The molecule has 1 aromatic carbocycles. The number of rotatable bonds is 6. The molecule has 0 aliphatic heterocycles. The average molecular weight is 386 g/mol. The molecule has 6 heteroatoms. The molecule has 0 bridgehead atoms. The Bertz CT molecular complexity index is 424. The van der Waals surface area contributed by atoms with E-state index in [1.54, 1.807) is 0 Å². The van der Waals surface area contributed by atoms with Gasteiger partial charge in [-0.1, -0.05) is 23.7 Å². The highest BCUT2D eigenvalue weighted by molar-refractivity contribution is 7.64. The maximum atomic E-state index is 5.93. The smallest absolute Gasteiger partial charge is 0.341 e. The fraction of sp³-hybridized carbons (Fsp3) is 0.600. The van der Waals surface area contributed by atoms with E-state index in [9.17, 15) is 0 Å². The molecule has 1 fully saturated rings. The highest BCUT2D eigenvalue weighted by Gasteiger charge is 2.25. The maximum Gasteiger partial charge on any atom is 0.341 e. The predicted molar refractivity (Wildman–Crippen MR) is 95.1 cm³/mol. The lowest BCUT2D eigenvalue weighted by molar-refractivity contribution is 0.0251. The lowest BCUT2D eigenvalue weighted by atomic mass is 9.83. The molecule has 1 aliphatic rings. The van der Waals surface area contributed by atoms with Gasteiger partial charge in [0.25, 0.3) is 0 Å². The van der Waals surface area contributed by atoms with Gasteiger partial charge >= 0.3 is 6.00 Å². The number of ether oxygens (including phenoxy) is 1. The van der Waals surface area contributed by atoms with Crippen LogP contribution in [0.3, 0.4) is 0 Å². The van der Waals surface area contributed by atoms with E-state index in [0.717, 1.165) is 24.3 Å². The Hall–Kier alpha value is 0.557. The predicted octanol–water partition coefficient (Wildman–Crippen LogP) is 6.43. The fourth-order valence-electron chi connectivity index (χ4n) is 2.82. The maximum absolute atomic E-state index is 5.93. The SMILES string of the molecule is Clc1ccc(C2CCC(OCCC[Si](Cl)(Cl)Cl)CC2)cc1. The van der Waals surface area contributed by atoms with Crippen molar-refractivity contribution < 1.29 is 4.74 Å². The van der Waals surface area contributed by atoms with Gasteiger partial charge in [0.2, 0.25) is 0 Å². The summed E-state index contributed by atoms with van der Waals surface area (Å²) in [6.07, 6.45) is 5.78. The second kappa shape index (κ2) is 8.42. The number of benzene rings is 1. The Labute approximate surface area is 147 Å². The lowest BCUT2D eigenvalue weighted by Gasteiger charge is -2.29. The van der Waals surface area contributed by atoms with E-state index >= 15 is 0 Å². The summed E-state index contributed by atoms with van der Waals surface area (Å²) in [4.78, 5) is 0. The molecule has 0 aromatic heterocycles. The van der Waals surface area contributed by atoms with Gasteiger partial charge in [-0.05, 0) is 61.8 Å². The van der Waals surface area contributed by atoms with Gasteiger partial charge in [-0.3, -0.25) is 0 Å². The van der Waals surface area contributed by atoms with E-state index in [1.807, 2.05) is 12.1 Å². The Balaban J connectivity index is 1.67. The van der Waals surface area contributed by atoms with Crippen LogP contribution in [-0.2, 0) is 4.74 Å². The zero-order valence-electron chi connectivity index (χ0n) is 11.8. The highest BCUT2D eigenvalue weighted by Crippen LogP contribution is 2.34. The minimum atomic E-state index is -2.48. The highest BCUT2D eigenvalue weighted by atomic mass is 35.8. The van der Waals surface area contributed by atoms with Crippen LogP contribution in [0.5, 0.6) is 0 Å². The monoisotopic (exact) mass is 384 g/mol. The molecule has 0 N–H and O–H groups in total. The van der Waals surface area contributed by atoms with Gasteiger partial charge in [-0.25, -0.2) is 0 Å². The normalized spacial score (nSPS) is 23.2. The van der Waals surface area contributed by atoms with Crippen molar-refractivity contribution in [2.75, 3.05) is 6.61 Å². The Morgan fingerprint density at radius 1 is 1.00 bits per heavy atom. The molecule has 0 amide bonds. The molecular weight excluding hydrogens is 366 g/mol. The summed E-state index contributed by atoms with van der Waals surface area (Å²) < 4.78 is 5.91. The molecule has 2 rings (SSSR count). The first kappa shape index (κ1) is 17.9. The van der Waals surface area contributed by atoms with Gasteiger partial charge in [0.1, 0.15) is 0 Å². The number of hydrogen-bond acceptors (Lipinski definition) is 1. The molecule has 1 aromatic rings. The lowest BCUT2D eigenvalue weighted by Crippen LogP contribution is -2.22. The van der Waals surface area contributed by atoms with Crippen molar-refractivity contribution in [2.45, 2.75) is 50.2 Å². The first-order chi connectivity index (χ1) is 9.94. The molecule has 0 unspecified atom stereocenters. The van der Waals surface area contributed by atoms with E-state index in [1.165, 1.54) is 18.4 Å². The molecule has 0 spiro atoms. The van der Waals surface area contributed by atoms with Crippen molar-refractivity contribution >= 4 is 50.8 Å². The Morgan fingerprint density at radius 3 is 2.19 bits per heavy atom. The van der Waals surface area contributed by atoms with Crippen LogP contribution in [0.15, 0.2) is 24.3 Å². The van der Waals surface area contributed by atoms with Gasteiger partial charge in [-0.2, -0.15) is 0 Å². The van der Waals surface area contributed by atoms with Crippen LogP contribution in [0.4, 0.5) is 0 Å². The Kier molecular flexibility index (Phi) is 7.18. The van der Waals surface area contributed by atoms with Gasteiger partial charge < -0.3 is 4.74 Å². The number of hydrogen-bond donors (Lipinski definition) is 0. The minimum Gasteiger partial charge on any atom is -0.378 e. The average Bonchev–Trinajstić information content (AvgIpc) is 2.44. The van der Waals surface area contributed by atoms with Gasteiger partial charge in [-0.15, -0.1) is 33.2 Å². The number of halogens is 4. The molecule has 1 saturated carbocycles.